The van der Waals surface area contributed by atoms with Crippen molar-refractivity contribution in [1.82, 2.24) is 0 Å². The molecule has 2 aliphatic rings. The van der Waals surface area contributed by atoms with Crippen LogP contribution < -0.4 is 10.4 Å². The number of rotatable bonds is 2. The second-order valence-electron chi connectivity index (χ2n) is 7.36. The molecule has 0 nitrogen and oxygen atoms in total. The fraction of sp³-hybridized carbons (Fsp3) is 0.111. The zero-order valence-electron chi connectivity index (χ0n) is 15.5. The molecule has 0 saturated heterocycles. The Morgan fingerprint density at radius 2 is 1.44 bits per heavy atom. The van der Waals surface area contributed by atoms with Crippen molar-refractivity contribution in [3.8, 4) is 0 Å². The van der Waals surface area contributed by atoms with Crippen molar-refractivity contribution in [3.05, 3.63) is 130 Å². The monoisotopic (exact) mass is 346 g/mol. The molecule has 0 radical (unpaired) electrons. The predicted molar refractivity (Wildman–Crippen MR) is 114 cm³/mol. The van der Waals surface area contributed by atoms with E-state index in [4.69, 9.17) is 0 Å². The van der Waals surface area contributed by atoms with Gasteiger partial charge in [0.25, 0.3) is 0 Å². The highest BCUT2D eigenvalue weighted by Crippen LogP contribution is 2.40. The predicted octanol–water partition coefficient (Wildman–Crippen LogP) is 4.91. The first kappa shape index (κ1) is 16.1. The van der Waals surface area contributed by atoms with E-state index in [1.807, 2.05) is 0 Å². The van der Waals surface area contributed by atoms with Gasteiger partial charge in [-0.2, -0.15) is 0 Å². The van der Waals surface area contributed by atoms with Gasteiger partial charge in [-0.1, -0.05) is 97.1 Å². The number of hydrogen-bond acceptors (Lipinski definition) is 0. The minimum atomic E-state index is 0.404. The fourth-order valence-corrected chi connectivity index (χ4v) is 4.61. The average molecular weight is 346 g/mol. The molecular formula is C27H22. The topological polar surface area (TPSA) is 0 Å². The molecule has 0 heterocycles. The first-order valence-electron chi connectivity index (χ1n) is 9.66. The van der Waals surface area contributed by atoms with Gasteiger partial charge in [0.15, 0.2) is 0 Å². The number of fused-ring (bicyclic) bond motifs is 2. The zero-order chi connectivity index (χ0) is 18.2. The lowest BCUT2D eigenvalue weighted by molar-refractivity contribution is 0.796. The highest BCUT2D eigenvalue weighted by Gasteiger charge is 2.29. The van der Waals surface area contributed by atoms with Gasteiger partial charge in [-0.25, -0.2) is 0 Å². The van der Waals surface area contributed by atoms with Gasteiger partial charge in [0.05, 0.1) is 0 Å². The third-order valence-corrected chi connectivity index (χ3v) is 5.75. The molecule has 0 aromatic heterocycles. The van der Waals surface area contributed by atoms with Crippen LogP contribution in [0.1, 0.15) is 23.1 Å². The summed E-state index contributed by atoms with van der Waals surface area (Å²) in [6, 6.07) is 28.5. The van der Waals surface area contributed by atoms with Gasteiger partial charge < -0.3 is 0 Å². The van der Waals surface area contributed by atoms with E-state index in [9.17, 15) is 0 Å². The molecule has 5 rings (SSSR count). The Balaban J connectivity index is 2.00. The van der Waals surface area contributed by atoms with Crippen molar-refractivity contribution >= 4 is 11.1 Å². The fourth-order valence-electron chi connectivity index (χ4n) is 4.61. The van der Waals surface area contributed by atoms with Gasteiger partial charge in [0, 0.05) is 5.92 Å². The van der Waals surface area contributed by atoms with Crippen LogP contribution >= 0.6 is 0 Å². The molecule has 0 saturated carbocycles. The maximum Gasteiger partial charge on any atom is 0.0142 e. The van der Waals surface area contributed by atoms with Crippen LogP contribution in [0.2, 0.25) is 0 Å². The summed E-state index contributed by atoms with van der Waals surface area (Å²) in [4.78, 5) is 0. The van der Waals surface area contributed by atoms with Gasteiger partial charge in [-0.3, -0.25) is 0 Å². The Morgan fingerprint density at radius 1 is 0.741 bits per heavy atom. The van der Waals surface area contributed by atoms with Crippen LogP contribution in [0.25, 0.3) is 11.1 Å². The second-order valence-corrected chi connectivity index (χ2v) is 7.36. The number of benzene rings is 3. The summed E-state index contributed by atoms with van der Waals surface area (Å²) < 4.78 is 0. The summed E-state index contributed by atoms with van der Waals surface area (Å²) in [5, 5.41) is 2.78. The van der Waals surface area contributed by atoms with Crippen molar-refractivity contribution in [3.63, 3.8) is 0 Å². The third kappa shape index (κ3) is 2.61. The first-order chi connectivity index (χ1) is 13.3. The lowest BCUT2D eigenvalue weighted by Crippen LogP contribution is -2.39. The molecule has 3 aromatic rings. The van der Waals surface area contributed by atoms with Gasteiger partial charge in [-0.15, -0.1) is 0 Å². The smallest absolute Gasteiger partial charge is 0.0142 e. The van der Waals surface area contributed by atoms with E-state index >= 15 is 0 Å². The largest absolute Gasteiger partial charge is 0.0836 e. The number of hydrogen-bond donors (Lipinski definition) is 0. The van der Waals surface area contributed by atoms with Gasteiger partial charge in [-0.05, 0) is 57.2 Å². The summed E-state index contributed by atoms with van der Waals surface area (Å²) in [6.07, 6.45) is 7.91. The van der Waals surface area contributed by atoms with Crippen LogP contribution in [0.5, 0.6) is 0 Å². The molecule has 0 heteroatoms. The van der Waals surface area contributed by atoms with Crippen molar-refractivity contribution in [2.75, 3.05) is 0 Å². The minimum absolute atomic E-state index is 0.404. The van der Waals surface area contributed by atoms with Crippen molar-refractivity contribution in [2.45, 2.75) is 13.3 Å². The zero-order valence-corrected chi connectivity index (χ0v) is 15.5. The van der Waals surface area contributed by atoms with Crippen LogP contribution in [-0.4, -0.2) is 0 Å². The molecule has 0 fully saturated rings. The highest BCUT2D eigenvalue weighted by molar-refractivity contribution is 5.88. The number of allylic oxidation sites excluding steroid dienone is 4. The van der Waals surface area contributed by atoms with Gasteiger partial charge in [0.2, 0.25) is 0 Å². The van der Waals surface area contributed by atoms with Crippen molar-refractivity contribution in [1.29, 1.82) is 0 Å². The Labute approximate surface area is 160 Å². The molecule has 0 aliphatic heterocycles. The van der Waals surface area contributed by atoms with Crippen LogP contribution in [0.15, 0.2) is 103 Å². The molecular weight excluding hydrogens is 324 g/mol. The Bertz CT molecular complexity index is 1180. The van der Waals surface area contributed by atoms with E-state index in [0.29, 0.717) is 5.92 Å². The maximum atomic E-state index is 2.32. The van der Waals surface area contributed by atoms with Crippen molar-refractivity contribution in [2.24, 2.45) is 5.92 Å². The molecule has 2 aliphatic carbocycles. The first-order valence-corrected chi connectivity index (χ1v) is 9.66. The van der Waals surface area contributed by atoms with E-state index in [0.717, 1.165) is 6.42 Å². The molecule has 130 valence electrons. The summed E-state index contributed by atoms with van der Waals surface area (Å²) in [5.41, 5.74) is 8.31. The molecule has 0 N–H and O–H groups in total. The van der Waals surface area contributed by atoms with Crippen LogP contribution in [0, 0.1) is 12.8 Å². The standard InChI is InChI=1S/C27H22/c1-19-11-10-18-24-25(19)27(21-14-6-3-7-15-21)23-17-9-8-16-22(23)26(24)20-12-4-2-5-13-20/h2-16,18,23H,17H2,1H3. The van der Waals surface area contributed by atoms with E-state index in [1.165, 1.54) is 43.8 Å². The van der Waals surface area contributed by atoms with Crippen molar-refractivity contribution < 1.29 is 0 Å². The van der Waals surface area contributed by atoms with E-state index in [-0.39, 0.29) is 0 Å². The molecule has 0 bridgehead atoms. The van der Waals surface area contributed by atoms with E-state index in [1.54, 1.807) is 0 Å². The normalized spacial score (nSPS) is 18.0. The second kappa shape index (κ2) is 6.55. The SMILES string of the molecule is Cc1cccc2c1=C(c1ccccc1)C1CC=CC=C1C=2c1ccccc1. The summed E-state index contributed by atoms with van der Waals surface area (Å²) in [7, 11) is 0. The molecule has 0 amide bonds. The van der Waals surface area contributed by atoms with Crippen LogP contribution in [0.3, 0.4) is 0 Å². The molecule has 27 heavy (non-hydrogen) atoms. The Hall–Kier alpha value is -3.12. The maximum absolute atomic E-state index is 2.32. The number of aryl methyl sites for hydroxylation is 1. The summed E-state index contributed by atoms with van der Waals surface area (Å²) >= 11 is 0. The Morgan fingerprint density at radius 3 is 2.19 bits per heavy atom. The summed E-state index contributed by atoms with van der Waals surface area (Å²) in [5.74, 6) is 0.404. The molecule has 3 aromatic carbocycles. The van der Waals surface area contributed by atoms with Gasteiger partial charge >= 0.3 is 0 Å². The quantitative estimate of drug-likeness (QED) is 0.618. The lowest BCUT2D eigenvalue weighted by atomic mass is 9.72. The molecule has 1 atom stereocenters. The minimum Gasteiger partial charge on any atom is -0.0836 e. The van der Waals surface area contributed by atoms with Crippen LogP contribution in [-0.2, 0) is 0 Å². The summed E-state index contributed by atoms with van der Waals surface area (Å²) in [6.45, 7) is 2.25. The van der Waals surface area contributed by atoms with Gasteiger partial charge in [0.1, 0.15) is 0 Å². The van der Waals surface area contributed by atoms with E-state index < -0.39 is 0 Å². The van der Waals surface area contributed by atoms with E-state index in [2.05, 4.69) is 104 Å². The lowest BCUT2D eigenvalue weighted by Gasteiger charge is -2.31. The average Bonchev–Trinajstić information content (AvgIpc) is 2.73. The Kier molecular flexibility index (Phi) is 3.90. The highest BCUT2D eigenvalue weighted by atomic mass is 14.3. The van der Waals surface area contributed by atoms with Crippen LogP contribution in [0.4, 0.5) is 0 Å². The molecule has 1 unspecified atom stereocenters. The third-order valence-electron chi connectivity index (χ3n) is 5.75. The molecule has 0 spiro atoms.